The molecule has 4 aromatic rings. The highest BCUT2D eigenvalue weighted by atomic mass is 19.4. The molecule has 0 atom stereocenters. The lowest BCUT2D eigenvalue weighted by Crippen LogP contribution is -2.22. The van der Waals surface area contributed by atoms with Gasteiger partial charge in [0.05, 0.1) is 16.5 Å². The van der Waals surface area contributed by atoms with Gasteiger partial charge in [0.1, 0.15) is 17.4 Å². The maximum Gasteiger partial charge on any atom is 0.458 e. The first kappa shape index (κ1) is 26.8. The van der Waals surface area contributed by atoms with Crippen molar-refractivity contribution < 1.29 is 39.9 Å². The molecule has 0 heterocycles. The minimum Gasteiger partial charge on any atom is -0.429 e. The zero-order valence-corrected chi connectivity index (χ0v) is 20.2. The summed E-state index contributed by atoms with van der Waals surface area (Å²) < 4.78 is 116. The molecule has 9 heteroatoms. The van der Waals surface area contributed by atoms with E-state index in [1.54, 1.807) is 12.1 Å². The summed E-state index contributed by atoms with van der Waals surface area (Å²) in [4.78, 5) is 0. The van der Waals surface area contributed by atoms with Crippen molar-refractivity contribution >= 4 is 21.5 Å². The van der Waals surface area contributed by atoms with Crippen LogP contribution in [0.4, 0.5) is 35.1 Å². The van der Waals surface area contributed by atoms with Gasteiger partial charge in [-0.3, -0.25) is 0 Å². The summed E-state index contributed by atoms with van der Waals surface area (Å²) >= 11 is 0. The van der Waals surface area contributed by atoms with Crippen molar-refractivity contribution in [1.82, 2.24) is 0 Å². The summed E-state index contributed by atoms with van der Waals surface area (Å²) in [7, 11) is 0. The molecule has 39 heavy (non-hydrogen) atoms. The summed E-state index contributed by atoms with van der Waals surface area (Å²) in [5, 5.41) is -0.0958. The lowest BCUT2D eigenvalue weighted by molar-refractivity contribution is -0.185. The van der Waals surface area contributed by atoms with Crippen LogP contribution in [0.1, 0.15) is 54.7 Å². The Morgan fingerprint density at radius 3 is 2.13 bits per heavy atom. The first-order valence-electron chi connectivity index (χ1n) is 12.2. The van der Waals surface area contributed by atoms with Gasteiger partial charge in [0.25, 0.3) is 0 Å². The predicted molar refractivity (Wildman–Crippen MR) is 131 cm³/mol. The minimum atomic E-state index is -5.03. The number of rotatable bonds is 4. The third-order valence-electron chi connectivity index (χ3n) is 6.91. The number of alkyl halides is 5. The fraction of sp³-hybridized carbons (Fsp3) is 0.267. The van der Waals surface area contributed by atoms with Crippen LogP contribution < -0.4 is 4.74 Å². The van der Waals surface area contributed by atoms with Gasteiger partial charge >= 0.3 is 12.3 Å². The van der Waals surface area contributed by atoms with E-state index in [4.69, 9.17) is 4.74 Å². The summed E-state index contributed by atoms with van der Waals surface area (Å²) in [6, 6.07) is 11.4. The Kier molecular flexibility index (Phi) is 6.91. The molecule has 1 nitrogen and oxygen atoms in total. The van der Waals surface area contributed by atoms with Gasteiger partial charge in [-0.25, -0.2) is 13.2 Å². The van der Waals surface area contributed by atoms with Crippen molar-refractivity contribution in [1.29, 1.82) is 0 Å². The van der Waals surface area contributed by atoms with E-state index >= 15 is 8.78 Å². The highest BCUT2D eigenvalue weighted by Crippen LogP contribution is 2.38. The second kappa shape index (κ2) is 10.1. The lowest BCUT2D eigenvalue weighted by atomic mass is 9.83. The van der Waals surface area contributed by atoms with Crippen molar-refractivity contribution in [3.05, 3.63) is 88.7 Å². The molecule has 202 valence electrons. The van der Waals surface area contributed by atoms with E-state index in [0.717, 1.165) is 48.6 Å². The average Bonchev–Trinajstić information content (AvgIpc) is 2.87. The van der Waals surface area contributed by atoms with Gasteiger partial charge in [0.2, 0.25) is 0 Å². The molecule has 0 radical (unpaired) electrons. The summed E-state index contributed by atoms with van der Waals surface area (Å²) in [5.41, 5.74) is -0.645. The smallest absolute Gasteiger partial charge is 0.429 e. The monoisotopic (exact) mass is 548 g/mol. The van der Waals surface area contributed by atoms with E-state index in [1.165, 1.54) is 24.5 Å². The molecule has 0 spiro atoms. The van der Waals surface area contributed by atoms with Gasteiger partial charge in [-0.05, 0) is 64.7 Å². The standard InChI is InChI=1S/C30H20F8O/c31-25-15-21-14-23(16-26(32)27(21)28(33)24(25)10-11-29(34,35)36)39-30(37,38)22-9-8-19-12-18(6-7-20(19)13-22)17-4-2-1-3-5-17/h6-9,12-17H,1-5H2. The van der Waals surface area contributed by atoms with E-state index in [9.17, 15) is 26.3 Å². The van der Waals surface area contributed by atoms with Gasteiger partial charge in [-0.2, -0.15) is 22.0 Å². The maximum atomic E-state index is 15.1. The molecule has 1 saturated carbocycles. The molecular formula is C30H20F8O. The average molecular weight is 548 g/mol. The Morgan fingerprint density at radius 1 is 0.718 bits per heavy atom. The number of benzene rings is 4. The first-order valence-corrected chi connectivity index (χ1v) is 12.2. The van der Waals surface area contributed by atoms with E-state index < -0.39 is 57.4 Å². The maximum absolute atomic E-state index is 15.1. The zero-order chi connectivity index (χ0) is 27.9. The highest BCUT2D eigenvalue weighted by Gasteiger charge is 2.35. The Morgan fingerprint density at radius 2 is 1.41 bits per heavy atom. The lowest BCUT2D eigenvalue weighted by Gasteiger charge is -2.22. The van der Waals surface area contributed by atoms with Gasteiger partial charge in [0.15, 0.2) is 5.82 Å². The molecule has 0 amide bonds. The van der Waals surface area contributed by atoms with Crippen LogP contribution in [-0.2, 0) is 6.11 Å². The van der Waals surface area contributed by atoms with Gasteiger partial charge in [0, 0.05) is 12.0 Å². The Hall–Kier alpha value is -3.80. The second-order valence-corrected chi connectivity index (χ2v) is 9.57. The van der Waals surface area contributed by atoms with Crippen LogP contribution in [-0.4, -0.2) is 6.18 Å². The van der Waals surface area contributed by atoms with E-state index in [2.05, 4.69) is 0 Å². The normalized spacial score (nSPS) is 14.9. The van der Waals surface area contributed by atoms with Crippen LogP contribution in [0.5, 0.6) is 5.75 Å². The first-order chi connectivity index (χ1) is 18.4. The topological polar surface area (TPSA) is 9.23 Å². The van der Waals surface area contributed by atoms with E-state index in [0.29, 0.717) is 23.4 Å². The molecule has 0 aromatic heterocycles. The van der Waals surface area contributed by atoms with E-state index in [1.807, 2.05) is 12.1 Å². The van der Waals surface area contributed by atoms with Gasteiger partial charge in [-0.1, -0.05) is 49.4 Å². The Balaban J connectivity index is 1.44. The quantitative estimate of drug-likeness (QED) is 0.182. The number of ether oxygens (including phenoxy) is 1. The molecule has 0 aliphatic heterocycles. The Labute approximate surface area is 218 Å². The van der Waals surface area contributed by atoms with Crippen LogP contribution >= 0.6 is 0 Å². The van der Waals surface area contributed by atoms with Crippen LogP contribution in [0.15, 0.2) is 54.6 Å². The number of hydrogen-bond donors (Lipinski definition) is 0. The third-order valence-corrected chi connectivity index (χ3v) is 6.91. The van der Waals surface area contributed by atoms with Crippen LogP contribution in [0, 0.1) is 29.3 Å². The zero-order valence-electron chi connectivity index (χ0n) is 20.2. The minimum absolute atomic E-state index is 0.442. The molecule has 5 rings (SSSR count). The number of hydrogen-bond acceptors (Lipinski definition) is 1. The third kappa shape index (κ3) is 5.65. The van der Waals surface area contributed by atoms with Crippen molar-refractivity contribution in [2.75, 3.05) is 0 Å². The van der Waals surface area contributed by atoms with Gasteiger partial charge < -0.3 is 4.74 Å². The molecule has 1 fully saturated rings. The fourth-order valence-corrected chi connectivity index (χ4v) is 5.03. The molecule has 0 N–H and O–H groups in total. The summed E-state index contributed by atoms with van der Waals surface area (Å²) in [6.07, 6.45) is -3.25. The highest BCUT2D eigenvalue weighted by molar-refractivity contribution is 5.87. The molecular weight excluding hydrogens is 528 g/mol. The second-order valence-electron chi connectivity index (χ2n) is 9.57. The van der Waals surface area contributed by atoms with Crippen molar-refractivity contribution in [2.24, 2.45) is 0 Å². The number of halogens is 8. The van der Waals surface area contributed by atoms with Crippen LogP contribution in [0.2, 0.25) is 0 Å². The van der Waals surface area contributed by atoms with Crippen molar-refractivity contribution in [2.45, 2.75) is 50.3 Å². The number of fused-ring (bicyclic) bond motifs is 2. The van der Waals surface area contributed by atoms with Crippen molar-refractivity contribution in [3.8, 4) is 17.6 Å². The molecule has 1 aliphatic carbocycles. The molecule has 0 bridgehead atoms. The Bertz CT molecular complexity index is 1620. The molecule has 0 unspecified atom stereocenters. The predicted octanol–water partition coefficient (Wildman–Crippen LogP) is 9.50. The van der Waals surface area contributed by atoms with Gasteiger partial charge in [-0.15, -0.1) is 0 Å². The van der Waals surface area contributed by atoms with Crippen molar-refractivity contribution in [3.63, 3.8) is 0 Å². The molecule has 1 aliphatic rings. The summed E-state index contributed by atoms with van der Waals surface area (Å²) in [6.45, 7) is 0. The molecule has 0 saturated heterocycles. The van der Waals surface area contributed by atoms with Crippen LogP contribution in [0.3, 0.4) is 0 Å². The fourth-order valence-electron chi connectivity index (χ4n) is 5.03. The van der Waals surface area contributed by atoms with Crippen LogP contribution in [0.25, 0.3) is 21.5 Å². The van der Waals surface area contributed by atoms with E-state index in [-0.39, 0.29) is 0 Å². The largest absolute Gasteiger partial charge is 0.458 e. The SMILES string of the molecule is Fc1cc2cc(OC(F)(F)c3ccc4cc(C5CCCCC5)ccc4c3)cc(F)c2c(F)c1C#CC(F)(F)F. The summed E-state index contributed by atoms with van der Waals surface area (Å²) in [5.74, 6) is -2.88. The molecule has 4 aromatic carbocycles.